The van der Waals surface area contributed by atoms with Crippen LogP contribution in [0.2, 0.25) is 0 Å². The van der Waals surface area contributed by atoms with Crippen LogP contribution in [0.3, 0.4) is 0 Å². The van der Waals surface area contributed by atoms with Crippen LogP contribution >= 0.6 is 0 Å². The highest BCUT2D eigenvalue weighted by Gasteiger charge is 2.13. The van der Waals surface area contributed by atoms with E-state index < -0.39 is 5.91 Å². The largest absolute Gasteiger partial charge is 0.464 e. The summed E-state index contributed by atoms with van der Waals surface area (Å²) in [7, 11) is 0. The molecule has 23 heavy (non-hydrogen) atoms. The van der Waals surface area contributed by atoms with Crippen LogP contribution in [-0.2, 0) is 19.1 Å². The minimum absolute atomic E-state index is 0.158. The molecule has 0 saturated carbocycles. The number of rotatable bonds is 8. The van der Waals surface area contributed by atoms with E-state index in [2.05, 4.69) is 0 Å². The number of primary amides is 1. The Morgan fingerprint density at radius 2 is 1.57 bits per heavy atom. The van der Waals surface area contributed by atoms with E-state index in [-0.39, 0.29) is 36.4 Å². The molecule has 0 aliphatic rings. The van der Waals surface area contributed by atoms with Crippen LogP contribution in [0.1, 0.15) is 24.2 Å². The first-order chi connectivity index (χ1) is 10.8. The number of ether oxygens (including phenoxy) is 2. The Morgan fingerprint density at radius 3 is 2.00 bits per heavy atom. The van der Waals surface area contributed by atoms with Gasteiger partial charge in [0.15, 0.2) is 0 Å². The standard InChI is InChI=1S/C15H21N3O5/c1-10(19)22-7-5-18(6-8-23-11(2)20)12-3-4-14(16)13(9-12)15(17)21/h3-4,9H,5-8,16H2,1-2H3,(H2,17,21). The van der Waals surface area contributed by atoms with Gasteiger partial charge in [-0.1, -0.05) is 0 Å². The lowest BCUT2D eigenvalue weighted by atomic mass is 10.1. The van der Waals surface area contributed by atoms with Gasteiger partial charge in [0.25, 0.3) is 5.91 Å². The van der Waals surface area contributed by atoms with E-state index in [1.165, 1.54) is 13.8 Å². The summed E-state index contributed by atoms with van der Waals surface area (Å²) >= 11 is 0. The first-order valence-corrected chi connectivity index (χ1v) is 7.02. The normalized spacial score (nSPS) is 10.0. The number of amides is 1. The van der Waals surface area contributed by atoms with Gasteiger partial charge in [-0.05, 0) is 18.2 Å². The average Bonchev–Trinajstić information content (AvgIpc) is 2.45. The molecule has 4 N–H and O–H groups in total. The second kappa shape index (κ2) is 8.62. The van der Waals surface area contributed by atoms with Gasteiger partial charge < -0.3 is 25.8 Å². The molecule has 8 heteroatoms. The number of hydrogen-bond acceptors (Lipinski definition) is 7. The Kier molecular flexibility index (Phi) is 6.85. The monoisotopic (exact) mass is 323 g/mol. The van der Waals surface area contributed by atoms with Crippen molar-refractivity contribution in [3.8, 4) is 0 Å². The van der Waals surface area contributed by atoms with Crippen molar-refractivity contribution in [3.63, 3.8) is 0 Å². The molecule has 0 heterocycles. The second-order valence-corrected chi connectivity index (χ2v) is 4.80. The van der Waals surface area contributed by atoms with E-state index in [1.54, 1.807) is 23.1 Å². The molecule has 1 aromatic rings. The van der Waals surface area contributed by atoms with E-state index in [4.69, 9.17) is 20.9 Å². The van der Waals surface area contributed by atoms with Crippen LogP contribution in [0.25, 0.3) is 0 Å². The summed E-state index contributed by atoms with van der Waals surface area (Å²) in [5.41, 5.74) is 12.1. The molecule has 1 rings (SSSR count). The first-order valence-electron chi connectivity index (χ1n) is 7.02. The summed E-state index contributed by atoms with van der Waals surface area (Å²) in [5.74, 6) is -1.41. The fraction of sp³-hybridized carbons (Fsp3) is 0.400. The zero-order valence-corrected chi connectivity index (χ0v) is 13.2. The van der Waals surface area contributed by atoms with Crippen LogP contribution in [-0.4, -0.2) is 44.1 Å². The molecule has 1 aromatic carbocycles. The quantitative estimate of drug-likeness (QED) is 0.520. The summed E-state index contributed by atoms with van der Waals surface area (Å²) in [4.78, 5) is 34.9. The second-order valence-electron chi connectivity index (χ2n) is 4.80. The SMILES string of the molecule is CC(=O)OCCN(CCOC(C)=O)c1ccc(N)c(C(N)=O)c1. The first kappa shape index (κ1) is 18.3. The number of benzene rings is 1. The Labute approximate surface area is 134 Å². The van der Waals surface area contributed by atoms with Gasteiger partial charge in [0.05, 0.1) is 18.7 Å². The molecular weight excluding hydrogens is 302 g/mol. The van der Waals surface area contributed by atoms with E-state index in [1.807, 2.05) is 0 Å². The van der Waals surface area contributed by atoms with Crippen molar-refractivity contribution >= 4 is 29.2 Å². The van der Waals surface area contributed by atoms with Gasteiger partial charge in [-0.15, -0.1) is 0 Å². The average molecular weight is 323 g/mol. The molecule has 0 aliphatic carbocycles. The molecule has 0 fully saturated rings. The van der Waals surface area contributed by atoms with Crippen molar-refractivity contribution in [3.05, 3.63) is 23.8 Å². The van der Waals surface area contributed by atoms with Gasteiger partial charge >= 0.3 is 11.9 Å². The minimum Gasteiger partial charge on any atom is -0.464 e. The van der Waals surface area contributed by atoms with Crippen LogP contribution in [0.15, 0.2) is 18.2 Å². The Bertz CT molecular complexity index is 568. The van der Waals surface area contributed by atoms with E-state index in [0.717, 1.165) is 0 Å². The molecule has 0 aromatic heterocycles. The smallest absolute Gasteiger partial charge is 0.302 e. The summed E-state index contributed by atoms with van der Waals surface area (Å²) in [6.45, 7) is 3.68. The van der Waals surface area contributed by atoms with Crippen molar-refractivity contribution in [1.29, 1.82) is 0 Å². The van der Waals surface area contributed by atoms with Crippen molar-refractivity contribution < 1.29 is 23.9 Å². The summed E-state index contributed by atoms with van der Waals surface area (Å²) < 4.78 is 9.84. The van der Waals surface area contributed by atoms with Gasteiger partial charge in [0, 0.05) is 25.2 Å². The molecule has 126 valence electrons. The number of hydrogen-bond donors (Lipinski definition) is 2. The summed E-state index contributed by atoms with van der Waals surface area (Å²) in [6, 6.07) is 4.84. The van der Waals surface area contributed by atoms with Crippen LogP contribution in [0.5, 0.6) is 0 Å². The zero-order valence-electron chi connectivity index (χ0n) is 13.2. The molecule has 0 aliphatic heterocycles. The third-order valence-corrected chi connectivity index (χ3v) is 3.00. The topological polar surface area (TPSA) is 125 Å². The van der Waals surface area contributed by atoms with Crippen LogP contribution in [0, 0.1) is 0 Å². The molecule has 0 atom stereocenters. The summed E-state index contributed by atoms with van der Waals surface area (Å²) in [6.07, 6.45) is 0. The Balaban J connectivity index is 2.88. The maximum Gasteiger partial charge on any atom is 0.302 e. The molecule has 0 spiro atoms. The maximum absolute atomic E-state index is 11.4. The fourth-order valence-corrected chi connectivity index (χ4v) is 1.92. The van der Waals surface area contributed by atoms with Gasteiger partial charge in [0.2, 0.25) is 0 Å². The van der Waals surface area contributed by atoms with E-state index in [0.29, 0.717) is 18.8 Å². The van der Waals surface area contributed by atoms with E-state index in [9.17, 15) is 14.4 Å². The molecule has 0 unspecified atom stereocenters. The molecule has 0 bridgehead atoms. The maximum atomic E-state index is 11.4. The number of nitrogens with two attached hydrogens (primary N) is 2. The minimum atomic E-state index is -0.635. The number of esters is 2. The highest BCUT2D eigenvalue weighted by atomic mass is 16.5. The number of carbonyl (C=O) groups is 3. The molecule has 0 radical (unpaired) electrons. The van der Waals surface area contributed by atoms with Crippen LogP contribution in [0.4, 0.5) is 11.4 Å². The predicted molar refractivity (Wildman–Crippen MR) is 84.9 cm³/mol. The molecule has 8 nitrogen and oxygen atoms in total. The van der Waals surface area contributed by atoms with Crippen molar-refractivity contribution in [2.24, 2.45) is 5.73 Å². The third-order valence-electron chi connectivity index (χ3n) is 3.00. The van der Waals surface area contributed by atoms with Crippen molar-refractivity contribution in [2.45, 2.75) is 13.8 Å². The predicted octanol–water partition coefficient (Wildman–Crippen LogP) is 0.300. The van der Waals surface area contributed by atoms with Gasteiger partial charge in [-0.3, -0.25) is 14.4 Å². The third kappa shape index (κ3) is 6.25. The number of nitrogen functional groups attached to an aromatic ring is 1. The van der Waals surface area contributed by atoms with E-state index >= 15 is 0 Å². The van der Waals surface area contributed by atoms with Gasteiger partial charge in [-0.25, -0.2) is 0 Å². The molecular formula is C15H21N3O5. The van der Waals surface area contributed by atoms with Crippen molar-refractivity contribution in [2.75, 3.05) is 36.9 Å². The fourth-order valence-electron chi connectivity index (χ4n) is 1.92. The lowest BCUT2D eigenvalue weighted by Gasteiger charge is -2.25. The zero-order chi connectivity index (χ0) is 17.4. The van der Waals surface area contributed by atoms with Crippen LogP contribution < -0.4 is 16.4 Å². The lowest BCUT2D eigenvalue weighted by molar-refractivity contribution is -0.141. The Hall–Kier alpha value is -2.77. The number of carbonyl (C=O) groups excluding carboxylic acids is 3. The number of nitrogens with zero attached hydrogens (tertiary/aromatic N) is 1. The lowest BCUT2D eigenvalue weighted by Crippen LogP contribution is -2.32. The molecule has 1 amide bonds. The van der Waals surface area contributed by atoms with Gasteiger partial charge in [-0.2, -0.15) is 0 Å². The summed E-state index contributed by atoms with van der Waals surface area (Å²) in [5, 5.41) is 0. The van der Waals surface area contributed by atoms with Crippen molar-refractivity contribution in [1.82, 2.24) is 0 Å². The highest BCUT2D eigenvalue weighted by Crippen LogP contribution is 2.21. The highest BCUT2D eigenvalue weighted by molar-refractivity contribution is 5.99. The molecule has 0 saturated heterocycles. The Morgan fingerprint density at radius 1 is 1.04 bits per heavy atom. The van der Waals surface area contributed by atoms with Gasteiger partial charge in [0.1, 0.15) is 13.2 Å². The number of anilines is 2.